The maximum atomic E-state index is 12.9. The number of fused-ring (bicyclic) bond motifs is 1. The summed E-state index contributed by atoms with van der Waals surface area (Å²) in [6, 6.07) is 4.65. The molecule has 0 saturated heterocycles. The third-order valence-corrected chi connectivity index (χ3v) is 5.88. The molecule has 0 bridgehead atoms. The van der Waals surface area contributed by atoms with Crippen molar-refractivity contribution in [1.82, 2.24) is 4.31 Å². The van der Waals surface area contributed by atoms with E-state index in [1.165, 1.54) is 13.0 Å². The Morgan fingerprint density at radius 2 is 2.00 bits per heavy atom. The highest BCUT2D eigenvalue weighted by atomic mass is 32.2. The van der Waals surface area contributed by atoms with Gasteiger partial charge in [-0.1, -0.05) is 13.8 Å². The van der Waals surface area contributed by atoms with Crippen molar-refractivity contribution in [3.05, 3.63) is 23.8 Å². The molecular weight excluding hydrogens is 344 g/mol. The molecule has 1 amide bonds. The summed E-state index contributed by atoms with van der Waals surface area (Å²) in [6.45, 7) is 5.33. The van der Waals surface area contributed by atoms with Gasteiger partial charge in [-0.15, -0.1) is 0 Å². The number of sulfonamides is 1. The second-order valence-electron chi connectivity index (χ2n) is 6.65. The van der Waals surface area contributed by atoms with E-state index >= 15 is 0 Å². The van der Waals surface area contributed by atoms with Crippen molar-refractivity contribution in [2.45, 2.75) is 38.5 Å². The molecule has 1 aliphatic heterocycles. The lowest BCUT2D eigenvalue weighted by molar-refractivity contribution is -0.137. The van der Waals surface area contributed by atoms with Crippen LogP contribution >= 0.6 is 0 Å². The van der Waals surface area contributed by atoms with Crippen molar-refractivity contribution in [1.29, 1.82) is 0 Å². The molecule has 1 heterocycles. The number of carbonyl (C=O) groups is 2. The number of rotatable bonds is 6. The average molecular weight is 368 g/mol. The molecule has 0 atom stereocenters. The maximum absolute atomic E-state index is 12.9. The number of hydrogen-bond acceptors (Lipinski definition) is 4. The lowest BCUT2D eigenvalue weighted by Gasteiger charge is -2.29. The van der Waals surface area contributed by atoms with Crippen LogP contribution in [0.15, 0.2) is 23.1 Å². The van der Waals surface area contributed by atoms with Crippen molar-refractivity contribution in [3.63, 3.8) is 0 Å². The Labute approximate surface area is 148 Å². The zero-order valence-electron chi connectivity index (χ0n) is 14.7. The molecule has 2 rings (SSSR count). The summed E-state index contributed by atoms with van der Waals surface area (Å²) in [6.07, 6.45) is 1.45. The molecule has 8 heteroatoms. The first kappa shape index (κ1) is 19.4. The fourth-order valence-corrected chi connectivity index (χ4v) is 4.62. The van der Waals surface area contributed by atoms with Gasteiger partial charge in [0.2, 0.25) is 15.9 Å². The summed E-state index contributed by atoms with van der Waals surface area (Å²) in [5.41, 5.74) is 1.52. The Balaban J connectivity index is 2.42. The van der Waals surface area contributed by atoms with Gasteiger partial charge in [-0.05, 0) is 42.5 Å². The quantitative estimate of drug-likeness (QED) is 0.825. The SMILES string of the molecule is CC(=O)N1CCCc2cc(S(=O)(=O)N(CC(=O)O)CC(C)C)ccc21. The second-order valence-corrected chi connectivity index (χ2v) is 8.59. The van der Waals surface area contributed by atoms with Gasteiger partial charge >= 0.3 is 5.97 Å². The second kappa shape index (κ2) is 7.53. The Kier molecular flexibility index (Phi) is 5.84. The van der Waals surface area contributed by atoms with E-state index in [0.29, 0.717) is 13.0 Å². The normalized spacial score (nSPS) is 14.7. The molecule has 7 nitrogen and oxygen atoms in total. The summed E-state index contributed by atoms with van der Waals surface area (Å²) < 4.78 is 26.8. The van der Waals surface area contributed by atoms with E-state index in [-0.39, 0.29) is 23.3 Å². The number of carboxylic acids is 1. The standard InChI is InChI=1S/C17H24N2O5S/c1-12(2)10-18(11-17(21)22)25(23,24)15-6-7-16-14(9-15)5-4-8-19(16)13(3)20/h6-7,9,12H,4-5,8,10-11H2,1-3H3,(H,21,22). The van der Waals surface area contributed by atoms with E-state index in [9.17, 15) is 18.0 Å². The highest BCUT2D eigenvalue weighted by Gasteiger charge is 2.29. The molecule has 1 aliphatic rings. The molecule has 0 radical (unpaired) electrons. The predicted octanol–water partition coefficient (Wildman–Crippen LogP) is 1.72. The van der Waals surface area contributed by atoms with Gasteiger partial charge in [0.15, 0.2) is 0 Å². The number of benzene rings is 1. The van der Waals surface area contributed by atoms with Crippen LogP contribution < -0.4 is 4.90 Å². The van der Waals surface area contributed by atoms with Crippen molar-refractivity contribution >= 4 is 27.6 Å². The molecule has 0 saturated carbocycles. The van der Waals surface area contributed by atoms with Crippen LogP contribution in [0.25, 0.3) is 0 Å². The third-order valence-electron chi connectivity index (χ3n) is 4.07. The van der Waals surface area contributed by atoms with E-state index in [4.69, 9.17) is 5.11 Å². The highest BCUT2D eigenvalue weighted by molar-refractivity contribution is 7.89. The fraction of sp³-hybridized carbons (Fsp3) is 0.529. The number of amides is 1. The van der Waals surface area contributed by atoms with Crippen molar-refractivity contribution in [3.8, 4) is 0 Å². The van der Waals surface area contributed by atoms with Crippen LogP contribution in [0.2, 0.25) is 0 Å². The third kappa shape index (κ3) is 4.38. The number of carboxylic acid groups (broad SMARTS) is 1. The molecule has 0 unspecified atom stereocenters. The minimum Gasteiger partial charge on any atom is -0.480 e. The Morgan fingerprint density at radius 3 is 2.56 bits per heavy atom. The van der Waals surface area contributed by atoms with Gasteiger partial charge in [-0.3, -0.25) is 9.59 Å². The van der Waals surface area contributed by atoms with Gasteiger partial charge in [0.05, 0.1) is 4.90 Å². The van der Waals surface area contributed by atoms with Gasteiger partial charge in [-0.2, -0.15) is 4.31 Å². The minimum absolute atomic E-state index is 0.0000401. The predicted molar refractivity (Wildman–Crippen MR) is 94.0 cm³/mol. The molecule has 0 spiro atoms. The van der Waals surface area contributed by atoms with Gasteiger partial charge < -0.3 is 10.0 Å². The molecule has 0 aliphatic carbocycles. The fourth-order valence-electron chi connectivity index (χ4n) is 3.02. The molecule has 25 heavy (non-hydrogen) atoms. The van der Waals surface area contributed by atoms with E-state index in [1.54, 1.807) is 17.0 Å². The van der Waals surface area contributed by atoms with Crippen molar-refractivity contribution in [2.24, 2.45) is 5.92 Å². The monoisotopic (exact) mass is 368 g/mol. The summed E-state index contributed by atoms with van der Waals surface area (Å²) in [5, 5.41) is 9.04. The van der Waals surface area contributed by atoms with Crippen LogP contribution in [0.3, 0.4) is 0 Å². The van der Waals surface area contributed by atoms with Gasteiger partial charge in [0, 0.05) is 25.7 Å². The number of anilines is 1. The summed E-state index contributed by atoms with van der Waals surface area (Å²) in [4.78, 5) is 24.5. The van der Waals surface area contributed by atoms with E-state index in [0.717, 1.165) is 22.0 Å². The summed E-state index contributed by atoms with van der Waals surface area (Å²) >= 11 is 0. The van der Waals surface area contributed by atoms with Crippen LogP contribution in [0.1, 0.15) is 32.8 Å². The maximum Gasteiger partial charge on any atom is 0.318 e. The van der Waals surface area contributed by atoms with Crippen molar-refractivity contribution in [2.75, 3.05) is 24.5 Å². The highest BCUT2D eigenvalue weighted by Crippen LogP contribution is 2.30. The first-order valence-electron chi connectivity index (χ1n) is 8.26. The average Bonchev–Trinajstić information content (AvgIpc) is 2.52. The van der Waals surface area contributed by atoms with E-state index in [1.807, 2.05) is 13.8 Å². The van der Waals surface area contributed by atoms with Gasteiger partial charge in [0.25, 0.3) is 0 Å². The number of aliphatic carboxylic acids is 1. The van der Waals surface area contributed by atoms with Crippen LogP contribution in [0.4, 0.5) is 5.69 Å². The number of nitrogens with zero attached hydrogens (tertiary/aromatic N) is 2. The van der Waals surface area contributed by atoms with Crippen LogP contribution in [0.5, 0.6) is 0 Å². The van der Waals surface area contributed by atoms with Crippen LogP contribution in [0, 0.1) is 5.92 Å². The number of aryl methyl sites for hydroxylation is 1. The van der Waals surface area contributed by atoms with E-state index < -0.39 is 22.5 Å². The molecule has 1 N–H and O–H groups in total. The van der Waals surface area contributed by atoms with Crippen molar-refractivity contribution < 1.29 is 23.1 Å². The number of hydrogen-bond donors (Lipinski definition) is 1. The van der Waals surface area contributed by atoms with Gasteiger partial charge in [-0.25, -0.2) is 8.42 Å². The summed E-state index contributed by atoms with van der Waals surface area (Å²) in [7, 11) is -3.91. The molecule has 1 aromatic rings. The Bertz CT molecular complexity index is 773. The van der Waals surface area contributed by atoms with E-state index in [2.05, 4.69) is 0 Å². The minimum atomic E-state index is -3.91. The first-order chi connectivity index (χ1) is 11.6. The first-order valence-corrected chi connectivity index (χ1v) is 9.70. The zero-order valence-corrected chi connectivity index (χ0v) is 15.5. The van der Waals surface area contributed by atoms with Crippen LogP contribution in [-0.4, -0.2) is 49.3 Å². The lowest BCUT2D eigenvalue weighted by Crippen LogP contribution is -2.38. The lowest BCUT2D eigenvalue weighted by atomic mass is 10.0. The molecule has 1 aromatic carbocycles. The Hall–Kier alpha value is -1.93. The van der Waals surface area contributed by atoms with Gasteiger partial charge in [0.1, 0.15) is 6.54 Å². The molecule has 0 aromatic heterocycles. The molecule has 0 fully saturated rings. The summed E-state index contributed by atoms with van der Waals surface area (Å²) in [5.74, 6) is -1.27. The topological polar surface area (TPSA) is 95.0 Å². The smallest absolute Gasteiger partial charge is 0.318 e. The number of carbonyl (C=O) groups excluding carboxylic acids is 1. The Morgan fingerprint density at radius 1 is 1.32 bits per heavy atom. The molecular formula is C17H24N2O5S. The van der Waals surface area contributed by atoms with Crippen LogP contribution in [-0.2, 0) is 26.0 Å². The molecule has 138 valence electrons. The largest absolute Gasteiger partial charge is 0.480 e. The zero-order chi connectivity index (χ0) is 18.8.